The van der Waals surface area contributed by atoms with Gasteiger partial charge in [0.05, 0.1) is 0 Å². The first kappa shape index (κ1) is 11.2. The SMILES string of the molecule is CCCC(N)C(CN)c1ccccc1. The van der Waals surface area contributed by atoms with E-state index < -0.39 is 0 Å². The molecule has 78 valence electrons. The van der Waals surface area contributed by atoms with Crippen LogP contribution in [-0.4, -0.2) is 12.6 Å². The molecule has 0 aliphatic heterocycles. The van der Waals surface area contributed by atoms with Crippen molar-refractivity contribution in [2.45, 2.75) is 31.7 Å². The molecule has 1 aromatic carbocycles. The second-order valence-electron chi connectivity index (χ2n) is 3.71. The summed E-state index contributed by atoms with van der Waals surface area (Å²) in [5.74, 6) is 0.302. The lowest BCUT2D eigenvalue weighted by molar-refractivity contribution is 0.500. The molecule has 0 aromatic heterocycles. The minimum atomic E-state index is 0.187. The van der Waals surface area contributed by atoms with E-state index in [9.17, 15) is 0 Å². The molecular weight excluding hydrogens is 172 g/mol. The predicted octanol–water partition coefficient (Wildman–Crippen LogP) is 1.86. The van der Waals surface area contributed by atoms with E-state index in [0.29, 0.717) is 12.5 Å². The second kappa shape index (κ2) is 5.78. The number of benzene rings is 1. The van der Waals surface area contributed by atoms with Crippen molar-refractivity contribution in [2.24, 2.45) is 11.5 Å². The molecule has 0 bridgehead atoms. The highest BCUT2D eigenvalue weighted by Gasteiger charge is 2.16. The van der Waals surface area contributed by atoms with E-state index in [0.717, 1.165) is 12.8 Å². The van der Waals surface area contributed by atoms with E-state index in [4.69, 9.17) is 11.5 Å². The average Bonchev–Trinajstić information content (AvgIpc) is 2.21. The third-order valence-corrected chi connectivity index (χ3v) is 2.62. The largest absolute Gasteiger partial charge is 0.330 e. The zero-order chi connectivity index (χ0) is 10.4. The monoisotopic (exact) mass is 192 g/mol. The van der Waals surface area contributed by atoms with Crippen molar-refractivity contribution in [1.29, 1.82) is 0 Å². The second-order valence-corrected chi connectivity index (χ2v) is 3.71. The van der Waals surface area contributed by atoms with Crippen LogP contribution in [0.2, 0.25) is 0 Å². The molecular formula is C12H20N2. The Morgan fingerprint density at radius 2 is 1.86 bits per heavy atom. The summed E-state index contributed by atoms with van der Waals surface area (Å²) in [6.07, 6.45) is 2.15. The lowest BCUT2D eigenvalue weighted by atomic mass is 9.89. The fourth-order valence-electron chi connectivity index (χ4n) is 1.79. The standard InChI is InChI=1S/C12H20N2/c1-2-6-12(14)11(9-13)10-7-4-3-5-8-10/h3-5,7-8,11-12H,2,6,9,13-14H2,1H3. The molecule has 4 N–H and O–H groups in total. The highest BCUT2D eigenvalue weighted by Crippen LogP contribution is 2.19. The highest BCUT2D eigenvalue weighted by atomic mass is 14.7. The summed E-state index contributed by atoms with van der Waals surface area (Å²) in [4.78, 5) is 0. The molecule has 0 aliphatic carbocycles. The van der Waals surface area contributed by atoms with Crippen LogP contribution in [0.25, 0.3) is 0 Å². The number of rotatable bonds is 5. The average molecular weight is 192 g/mol. The van der Waals surface area contributed by atoms with E-state index in [1.165, 1.54) is 5.56 Å². The molecule has 0 aliphatic rings. The molecule has 0 spiro atoms. The van der Waals surface area contributed by atoms with Crippen molar-refractivity contribution >= 4 is 0 Å². The number of nitrogens with two attached hydrogens (primary N) is 2. The molecule has 2 atom stereocenters. The van der Waals surface area contributed by atoms with Gasteiger partial charge in [0.1, 0.15) is 0 Å². The Balaban J connectivity index is 2.71. The Kier molecular flexibility index (Phi) is 4.63. The van der Waals surface area contributed by atoms with E-state index in [1.54, 1.807) is 0 Å². The first-order valence-electron chi connectivity index (χ1n) is 5.30. The first-order chi connectivity index (χ1) is 6.79. The van der Waals surface area contributed by atoms with Crippen LogP contribution in [0.4, 0.5) is 0 Å². The fraction of sp³-hybridized carbons (Fsp3) is 0.500. The number of hydrogen-bond acceptors (Lipinski definition) is 2. The van der Waals surface area contributed by atoms with E-state index in [-0.39, 0.29) is 6.04 Å². The van der Waals surface area contributed by atoms with Gasteiger partial charge in [-0.15, -0.1) is 0 Å². The molecule has 2 heteroatoms. The fourth-order valence-corrected chi connectivity index (χ4v) is 1.79. The molecule has 1 rings (SSSR count). The Morgan fingerprint density at radius 1 is 1.21 bits per heavy atom. The summed E-state index contributed by atoms with van der Waals surface area (Å²) in [6, 6.07) is 10.5. The van der Waals surface area contributed by atoms with Gasteiger partial charge in [-0.1, -0.05) is 43.7 Å². The quantitative estimate of drug-likeness (QED) is 0.748. The van der Waals surface area contributed by atoms with E-state index in [2.05, 4.69) is 19.1 Å². The predicted molar refractivity (Wildman–Crippen MR) is 61.1 cm³/mol. The molecule has 2 unspecified atom stereocenters. The van der Waals surface area contributed by atoms with E-state index in [1.807, 2.05) is 18.2 Å². The van der Waals surface area contributed by atoms with Gasteiger partial charge in [-0.05, 0) is 12.0 Å². The van der Waals surface area contributed by atoms with Crippen LogP contribution in [0.3, 0.4) is 0 Å². The van der Waals surface area contributed by atoms with Gasteiger partial charge >= 0.3 is 0 Å². The summed E-state index contributed by atoms with van der Waals surface area (Å²) < 4.78 is 0. The molecule has 0 radical (unpaired) electrons. The summed E-state index contributed by atoms with van der Waals surface area (Å²) in [5, 5.41) is 0. The molecule has 0 amide bonds. The van der Waals surface area contributed by atoms with Crippen LogP contribution < -0.4 is 11.5 Å². The zero-order valence-corrected chi connectivity index (χ0v) is 8.82. The minimum absolute atomic E-state index is 0.187. The Hall–Kier alpha value is -0.860. The van der Waals surface area contributed by atoms with Gasteiger partial charge in [0.2, 0.25) is 0 Å². The van der Waals surface area contributed by atoms with Gasteiger partial charge in [0, 0.05) is 18.5 Å². The first-order valence-corrected chi connectivity index (χ1v) is 5.30. The Morgan fingerprint density at radius 3 is 2.36 bits per heavy atom. The van der Waals surface area contributed by atoms with Crippen LogP contribution in [0.5, 0.6) is 0 Å². The molecule has 0 saturated heterocycles. The summed E-state index contributed by atoms with van der Waals surface area (Å²) in [5.41, 5.74) is 13.1. The summed E-state index contributed by atoms with van der Waals surface area (Å²) >= 11 is 0. The van der Waals surface area contributed by atoms with Crippen LogP contribution in [-0.2, 0) is 0 Å². The van der Waals surface area contributed by atoms with Gasteiger partial charge in [-0.25, -0.2) is 0 Å². The van der Waals surface area contributed by atoms with Gasteiger partial charge in [-0.2, -0.15) is 0 Å². The molecule has 14 heavy (non-hydrogen) atoms. The minimum Gasteiger partial charge on any atom is -0.330 e. The molecule has 1 aromatic rings. The maximum atomic E-state index is 6.09. The van der Waals surface area contributed by atoms with Crippen LogP contribution in [0.15, 0.2) is 30.3 Å². The molecule has 0 saturated carbocycles. The topological polar surface area (TPSA) is 52.0 Å². The summed E-state index contributed by atoms with van der Waals surface area (Å²) in [7, 11) is 0. The summed E-state index contributed by atoms with van der Waals surface area (Å²) in [6.45, 7) is 2.78. The number of hydrogen-bond donors (Lipinski definition) is 2. The van der Waals surface area contributed by atoms with Gasteiger partial charge in [0.25, 0.3) is 0 Å². The van der Waals surface area contributed by atoms with Crippen molar-refractivity contribution in [1.82, 2.24) is 0 Å². The lowest BCUT2D eigenvalue weighted by Crippen LogP contribution is -2.33. The normalized spacial score (nSPS) is 15.1. The van der Waals surface area contributed by atoms with E-state index >= 15 is 0 Å². The smallest absolute Gasteiger partial charge is 0.0120 e. The van der Waals surface area contributed by atoms with Gasteiger partial charge in [0.15, 0.2) is 0 Å². The molecule has 0 heterocycles. The van der Waals surface area contributed by atoms with Crippen LogP contribution in [0, 0.1) is 0 Å². The molecule has 0 fully saturated rings. The van der Waals surface area contributed by atoms with Crippen LogP contribution >= 0.6 is 0 Å². The van der Waals surface area contributed by atoms with Crippen LogP contribution in [0.1, 0.15) is 31.2 Å². The van der Waals surface area contributed by atoms with Gasteiger partial charge < -0.3 is 11.5 Å². The molecule has 2 nitrogen and oxygen atoms in total. The third-order valence-electron chi connectivity index (χ3n) is 2.62. The Bertz CT molecular complexity index is 246. The van der Waals surface area contributed by atoms with Crippen molar-refractivity contribution in [3.05, 3.63) is 35.9 Å². The van der Waals surface area contributed by atoms with Crippen molar-refractivity contribution < 1.29 is 0 Å². The van der Waals surface area contributed by atoms with Gasteiger partial charge in [-0.3, -0.25) is 0 Å². The third kappa shape index (κ3) is 2.82. The highest BCUT2D eigenvalue weighted by molar-refractivity contribution is 5.21. The van der Waals surface area contributed by atoms with Crippen molar-refractivity contribution in [3.63, 3.8) is 0 Å². The maximum absolute atomic E-state index is 6.09. The zero-order valence-electron chi connectivity index (χ0n) is 8.82. The van der Waals surface area contributed by atoms with Crippen molar-refractivity contribution in [2.75, 3.05) is 6.54 Å². The Labute approximate surface area is 86.3 Å². The lowest BCUT2D eigenvalue weighted by Gasteiger charge is -2.22. The van der Waals surface area contributed by atoms with Crippen molar-refractivity contribution in [3.8, 4) is 0 Å². The maximum Gasteiger partial charge on any atom is 0.0120 e.